The molecule has 0 saturated heterocycles. The quantitative estimate of drug-likeness (QED) is 0.0382. The highest BCUT2D eigenvalue weighted by Gasteiger charge is 2.44. The molecule has 0 aromatic carbocycles. The standard InChI is InChI=1S/C45H52N8O18S2/c1-44(2)30-22-28(42(60)48(5)68-26-38(58)70-52-34(54)14-15-35(52)55)24-50(18-10-20-72(62,63)64)40(30)46-32(44)12-8-7-9-13-33-45(3,4)31-23-29(25-51(41(31)47-33)19-11-21-73(65,66)67)43(61)49(6)69-27-39(59)71-53-36(56)16-17-37(53)57/h7-9,12-17,22-25H,10-11,18-21,26-27H2,1-6H3,(H5-,54,55,56,57,62,63,64,65,66,67)/p+1. The zero-order valence-electron chi connectivity index (χ0n) is 40.1. The Morgan fingerprint density at radius 3 is 1.82 bits per heavy atom. The Bertz CT molecular complexity index is 3120. The summed E-state index contributed by atoms with van der Waals surface area (Å²) in [4.78, 5) is 83.7. The molecule has 3 aromatic heterocycles. The lowest BCUT2D eigenvalue weighted by molar-refractivity contribution is -0.684. The van der Waals surface area contributed by atoms with Crippen LogP contribution in [0, 0.1) is 5.41 Å². The Balaban J connectivity index is 1.18. The summed E-state index contributed by atoms with van der Waals surface area (Å²) in [6.45, 7) is 5.85. The first-order valence-electron chi connectivity index (χ1n) is 21.9. The summed E-state index contributed by atoms with van der Waals surface area (Å²) in [5, 5.41) is 40.5. The molecule has 3 aromatic rings. The molecule has 2 amide bonds. The summed E-state index contributed by atoms with van der Waals surface area (Å²) in [6.07, 6.45) is 13.0. The molecule has 0 atom stereocenters. The number of hydrogen-bond acceptors (Lipinski definition) is 19. The molecule has 6 heterocycles. The van der Waals surface area contributed by atoms with Gasteiger partial charge in [0.15, 0.2) is 18.9 Å². The summed E-state index contributed by atoms with van der Waals surface area (Å²) in [5.74, 6) is -6.16. The molecule has 73 heavy (non-hydrogen) atoms. The fourth-order valence-electron chi connectivity index (χ4n) is 7.52. The Hall–Kier alpha value is -7.63. The van der Waals surface area contributed by atoms with Gasteiger partial charge in [-0.15, -0.1) is 9.46 Å². The number of hydroxylamine groups is 4. The molecule has 0 aliphatic carbocycles. The van der Waals surface area contributed by atoms with Crippen LogP contribution < -0.4 is 14.2 Å². The molecule has 6 N–H and O–H groups in total. The first-order chi connectivity index (χ1) is 34.1. The largest absolute Gasteiger partial charge is 0.492 e. The normalized spacial score (nSPS) is 16.5. The highest BCUT2D eigenvalue weighted by atomic mass is 32.2. The molecule has 0 saturated carbocycles. The minimum Gasteiger partial charge on any atom is -0.492 e. The van der Waals surface area contributed by atoms with E-state index in [-0.39, 0.29) is 37.1 Å². The number of pyridine rings is 1. The zero-order chi connectivity index (χ0) is 53.8. The molecule has 0 fully saturated rings. The van der Waals surface area contributed by atoms with Crippen molar-refractivity contribution < 1.29 is 89.5 Å². The first-order valence-corrected chi connectivity index (χ1v) is 25.2. The fourth-order valence-corrected chi connectivity index (χ4v) is 8.51. The monoisotopic (exact) mass is 1060 g/mol. The minimum atomic E-state index is -4.33. The van der Waals surface area contributed by atoms with Crippen LogP contribution in [-0.2, 0) is 56.3 Å². The lowest BCUT2D eigenvalue weighted by Crippen LogP contribution is -2.39. The maximum atomic E-state index is 13.7. The fraction of sp³-hybridized carbons (Fsp3) is 0.356. The van der Waals surface area contributed by atoms with Crippen LogP contribution in [0.3, 0.4) is 0 Å². The average Bonchev–Trinajstić information content (AvgIpc) is 3.97. The van der Waals surface area contributed by atoms with Gasteiger partial charge in [-0.05, 0) is 49.6 Å². The van der Waals surface area contributed by atoms with Crippen LogP contribution in [0.2, 0.25) is 0 Å². The smallest absolute Gasteiger partial charge is 0.361 e. The Morgan fingerprint density at radius 2 is 1.27 bits per heavy atom. The number of aromatic hydroxyl groups is 4. The van der Waals surface area contributed by atoms with Gasteiger partial charge in [-0.1, -0.05) is 32.1 Å². The van der Waals surface area contributed by atoms with Crippen LogP contribution in [0.1, 0.15) is 56.5 Å². The van der Waals surface area contributed by atoms with Crippen LogP contribution in [0.15, 0.2) is 106 Å². The van der Waals surface area contributed by atoms with Crippen molar-refractivity contribution in [2.75, 3.05) is 45.4 Å². The summed E-state index contributed by atoms with van der Waals surface area (Å²) in [7, 11) is -6.17. The van der Waals surface area contributed by atoms with Gasteiger partial charge in [0.2, 0.25) is 23.5 Å². The van der Waals surface area contributed by atoms with E-state index >= 15 is 0 Å². The van der Waals surface area contributed by atoms with Gasteiger partial charge in [0.05, 0.1) is 45.9 Å². The van der Waals surface area contributed by atoms with Crippen LogP contribution in [0.4, 0.5) is 5.82 Å². The second kappa shape index (κ2) is 21.6. The molecule has 3 aliphatic heterocycles. The molecular formula is C45H53N8O18S2+. The van der Waals surface area contributed by atoms with Crippen molar-refractivity contribution in [3.8, 4) is 23.5 Å². The maximum Gasteiger partial charge on any atom is 0.361 e. The predicted molar refractivity (Wildman–Crippen MR) is 255 cm³/mol. The number of aromatic nitrogens is 3. The number of carbonyl (C=O) groups is 4. The van der Waals surface area contributed by atoms with Crippen molar-refractivity contribution in [3.63, 3.8) is 0 Å². The Labute approximate surface area is 417 Å². The SMILES string of the molecule is CN(OCC(=O)On1c(O)ccc1O)C(=O)C1=CN(CCCS(=O)(=O)O)C2=NC(=CC=CC=CC3=Nc4c(cc(C(=O)N(C)OCC(=O)On5c(O)ccc5O)c[n+]4CCCS(=O)(=O)O)C3(C)C)C(C)(C)C2=C1. The summed E-state index contributed by atoms with van der Waals surface area (Å²) >= 11 is 0. The van der Waals surface area contributed by atoms with E-state index < -0.39 is 103 Å². The van der Waals surface area contributed by atoms with Crippen LogP contribution in [-0.4, -0.2) is 152 Å². The van der Waals surface area contributed by atoms with Gasteiger partial charge in [0.25, 0.3) is 32.1 Å². The van der Waals surface area contributed by atoms with Gasteiger partial charge < -0.3 is 35.0 Å². The van der Waals surface area contributed by atoms with Crippen molar-refractivity contribution in [2.45, 2.75) is 52.5 Å². The number of aliphatic imine (C=N–C) groups is 2. The molecule has 392 valence electrons. The number of rotatable bonds is 21. The number of amides is 2. The number of amidine groups is 1. The number of allylic oxidation sites excluding steroid dienone is 6. The van der Waals surface area contributed by atoms with E-state index in [4.69, 9.17) is 29.3 Å². The van der Waals surface area contributed by atoms with E-state index in [2.05, 4.69) is 0 Å². The number of likely N-dealkylation sites (N-methyl/N-ethyl adjacent to an activating group) is 1. The number of carbonyl (C=O) groups excluding carboxylic acids is 4. The summed E-state index contributed by atoms with van der Waals surface area (Å²) in [5.41, 5.74) is 0.690. The van der Waals surface area contributed by atoms with Crippen LogP contribution in [0.5, 0.6) is 23.5 Å². The van der Waals surface area contributed by atoms with Gasteiger partial charge in [0.1, 0.15) is 12.0 Å². The summed E-state index contributed by atoms with van der Waals surface area (Å²) in [6, 6.07) is 5.91. The van der Waals surface area contributed by atoms with E-state index in [0.29, 0.717) is 43.7 Å². The van der Waals surface area contributed by atoms with Gasteiger partial charge in [-0.25, -0.2) is 29.3 Å². The van der Waals surface area contributed by atoms with E-state index in [1.54, 1.807) is 52.0 Å². The third-order valence-electron chi connectivity index (χ3n) is 11.4. The van der Waals surface area contributed by atoms with Crippen LogP contribution >= 0.6 is 0 Å². The third kappa shape index (κ3) is 13.1. The van der Waals surface area contributed by atoms with Gasteiger partial charge in [-0.3, -0.25) is 28.4 Å². The number of nitrogens with zero attached hydrogens (tertiary/aromatic N) is 8. The van der Waals surface area contributed by atoms with Crippen molar-refractivity contribution in [3.05, 3.63) is 107 Å². The maximum absolute atomic E-state index is 13.7. The third-order valence-corrected chi connectivity index (χ3v) is 13.0. The molecule has 26 nitrogen and oxygen atoms in total. The molecule has 0 spiro atoms. The van der Waals surface area contributed by atoms with Crippen LogP contribution in [0.25, 0.3) is 0 Å². The molecule has 0 unspecified atom stereocenters. The molecule has 28 heteroatoms. The second-order valence-electron chi connectivity index (χ2n) is 17.5. The lowest BCUT2D eigenvalue weighted by Gasteiger charge is -2.31. The zero-order valence-corrected chi connectivity index (χ0v) is 41.8. The van der Waals surface area contributed by atoms with Crippen molar-refractivity contribution in [2.24, 2.45) is 15.4 Å². The molecular weight excluding hydrogens is 1000 g/mol. The number of aryl methyl sites for hydroxylation is 1. The highest BCUT2D eigenvalue weighted by Crippen LogP contribution is 2.45. The Kier molecular flexibility index (Phi) is 16.2. The van der Waals surface area contributed by atoms with Gasteiger partial charge >= 0.3 is 17.8 Å². The molecule has 0 bridgehead atoms. The van der Waals surface area contributed by atoms with E-state index in [1.165, 1.54) is 26.5 Å². The van der Waals surface area contributed by atoms with Gasteiger partial charge in [-0.2, -0.15) is 16.8 Å². The predicted octanol–water partition coefficient (Wildman–Crippen LogP) is 1.58. The topological polar surface area (TPSA) is 343 Å². The summed E-state index contributed by atoms with van der Waals surface area (Å²) < 4.78 is 67.7. The Morgan fingerprint density at radius 1 is 0.740 bits per heavy atom. The lowest BCUT2D eigenvalue weighted by atomic mass is 9.80. The molecule has 0 radical (unpaired) electrons. The minimum absolute atomic E-state index is 0.0155. The van der Waals surface area contributed by atoms with Crippen molar-refractivity contribution in [1.82, 2.24) is 24.5 Å². The molecule has 6 rings (SSSR count). The highest BCUT2D eigenvalue weighted by molar-refractivity contribution is 7.86. The van der Waals surface area contributed by atoms with Crippen molar-refractivity contribution in [1.29, 1.82) is 0 Å². The number of fused-ring (bicyclic) bond motifs is 2. The van der Waals surface area contributed by atoms with Gasteiger partial charge in [0, 0.05) is 68.5 Å². The average molecular weight is 1060 g/mol. The number of hydrogen-bond donors (Lipinski definition) is 6. The molecule has 3 aliphatic rings. The van der Waals surface area contributed by atoms with E-state index in [0.717, 1.165) is 34.4 Å². The first kappa shape index (κ1) is 54.7. The van der Waals surface area contributed by atoms with E-state index in [1.807, 2.05) is 27.7 Å². The van der Waals surface area contributed by atoms with Crippen molar-refractivity contribution >= 4 is 61.4 Å². The second-order valence-corrected chi connectivity index (χ2v) is 20.7. The van der Waals surface area contributed by atoms with E-state index in [9.17, 15) is 65.5 Å².